The maximum atomic E-state index is 14.8. The van der Waals surface area contributed by atoms with Crippen molar-refractivity contribution in [3.05, 3.63) is 27.2 Å². The predicted octanol–water partition coefficient (Wildman–Crippen LogP) is 4.78. The normalized spacial score (nSPS) is 35.5. The topological polar surface area (TPSA) is 119 Å². The third kappa shape index (κ3) is 4.54. The van der Waals surface area contributed by atoms with Gasteiger partial charge in [0.1, 0.15) is 6.54 Å². The molecule has 0 aromatic heterocycles. The quantitative estimate of drug-likeness (QED) is 0.394. The summed E-state index contributed by atoms with van der Waals surface area (Å²) in [5, 5.41) is 2.83. The maximum absolute atomic E-state index is 14.8. The van der Waals surface area contributed by atoms with Crippen LogP contribution in [0.3, 0.4) is 0 Å². The number of nitrogens with two attached hydrogens (primary N) is 1. The molecule has 6 rings (SSSR count). The van der Waals surface area contributed by atoms with Gasteiger partial charge in [0, 0.05) is 16.5 Å². The molecule has 5 fully saturated rings. The van der Waals surface area contributed by atoms with Crippen molar-refractivity contribution >= 4 is 63.3 Å². The number of alkyl halides is 2. The summed E-state index contributed by atoms with van der Waals surface area (Å²) in [5.74, 6) is -3.77. The van der Waals surface area contributed by atoms with Gasteiger partial charge in [-0.15, -0.1) is 0 Å². The van der Waals surface area contributed by atoms with Crippen LogP contribution in [0.4, 0.5) is 14.5 Å². The number of carbonyl (C=O) groups excluding carboxylic acids is 2. The van der Waals surface area contributed by atoms with Gasteiger partial charge in [-0.25, -0.2) is 13.1 Å². The van der Waals surface area contributed by atoms with E-state index in [0.717, 1.165) is 19.3 Å². The first-order valence-electron chi connectivity index (χ1n) is 11.6. The largest absolute Gasteiger partial charge is 0.369 e. The van der Waals surface area contributed by atoms with Crippen molar-refractivity contribution in [2.75, 3.05) is 23.9 Å². The second-order valence-electron chi connectivity index (χ2n) is 10.6. The van der Waals surface area contributed by atoms with Gasteiger partial charge in [-0.3, -0.25) is 18.7 Å². The van der Waals surface area contributed by atoms with E-state index >= 15 is 0 Å². The third-order valence-corrected chi connectivity index (χ3v) is 10.7. The Kier molecular flexibility index (Phi) is 6.63. The van der Waals surface area contributed by atoms with Crippen LogP contribution in [0.15, 0.2) is 12.1 Å². The number of hydrogen-bond acceptors (Lipinski definition) is 6. The Bertz CT molecular complexity index is 1070. The number of anilines is 1. The van der Waals surface area contributed by atoms with Gasteiger partial charge in [0.2, 0.25) is 11.8 Å². The molecule has 14 heteroatoms. The fourth-order valence-electron chi connectivity index (χ4n) is 6.90. The molecule has 2 amide bonds. The molecule has 4 bridgehead atoms. The Hall–Kier alpha value is -1.08. The van der Waals surface area contributed by atoms with E-state index in [0.29, 0.717) is 27.4 Å². The summed E-state index contributed by atoms with van der Waals surface area (Å²) in [6.07, 6.45) is 3.71. The first kappa shape index (κ1) is 26.5. The molecule has 1 aromatic carbocycles. The van der Waals surface area contributed by atoms with Crippen molar-refractivity contribution < 1.29 is 27.5 Å². The van der Waals surface area contributed by atoms with Gasteiger partial charge in [-0.05, 0) is 73.0 Å². The first-order valence-corrected chi connectivity index (χ1v) is 14.2. The first-order chi connectivity index (χ1) is 16.7. The molecule has 0 spiro atoms. The summed E-state index contributed by atoms with van der Waals surface area (Å²) in [5.41, 5.74) is 4.99. The number of nitrogens with one attached hydrogen (secondary N) is 1. The summed E-state index contributed by atoms with van der Waals surface area (Å²) in [7, 11) is -4.07. The predicted molar refractivity (Wildman–Crippen MR) is 135 cm³/mol. The molecule has 0 radical (unpaired) electrons. The summed E-state index contributed by atoms with van der Waals surface area (Å²) in [4.78, 5) is 25.2. The Morgan fingerprint density at radius 3 is 2.22 bits per heavy atom. The van der Waals surface area contributed by atoms with Crippen LogP contribution >= 0.6 is 45.8 Å². The lowest BCUT2D eigenvalue weighted by molar-refractivity contribution is -0.147. The van der Waals surface area contributed by atoms with Crippen LogP contribution in [-0.4, -0.2) is 56.8 Å². The van der Waals surface area contributed by atoms with Gasteiger partial charge in [0.05, 0.1) is 28.8 Å². The minimum atomic E-state index is -4.07. The second kappa shape index (κ2) is 9.00. The van der Waals surface area contributed by atoms with Crippen molar-refractivity contribution in [2.45, 2.75) is 44.1 Å². The Labute approximate surface area is 224 Å². The number of rotatable bonds is 5. The highest BCUT2D eigenvalue weighted by Crippen LogP contribution is 2.60. The molecular formula is C22H27Cl3F2N4O4S. The maximum Gasteiger partial charge on any atom is 0.281 e. The summed E-state index contributed by atoms with van der Waals surface area (Å²) >= 11 is 18.3. The van der Waals surface area contributed by atoms with E-state index < -0.39 is 47.8 Å². The van der Waals surface area contributed by atoms with Gasteiger partial charge in [-0.1, -0.05) is 34.8 Å². The fourth-order valence-corrected chi connectivity index (χ4v) is 9.76. The minimum absolute atomic E-state index is 0.0685. The molecule has 5 N–H and O–H groups in total. The van der Waals surface area contributed by atoms with E-state index in [-0.39, 0.29) is 44.5 Å². The summed E-state index contributed by atoms with van der Waals surface area (Å²) in [6, 6.07) is 2.30. The Morgan fingerprint density at radius 1 is 1.08 bits per heavy atom. The van der Waals surface area contributed by atoms with Crippen molar-refractivity contribution in [1.82, 2.24) is 9.62 Å². The number of hydrogen-bond donors (Lipinski definition) is 4. The molecule has 4 aliphatic carbocycles. The molecule has 4 saturated carbocycles. The molecule has 2 atom stereocenters. The number of amides is 2. The van der Waals surface area contributed by atoms with Gasteiger partial charge in [0.15, 0.2) is 0 Å². The minimum Gasteiger partial charge on any atom is -0.369 e. The van der Waals surface area contributed by atoms with Crippen molar-refractivity contribution in [1.29, 1.82) is 0 Å². The van der Waals surface area contributed by atoms with Crippen molar-refractivity contribution in [3.63, 3.8) is 0 Å². The lowest BCUT2D eigenvalue weighted by Crippen LogP contribution is -2.63. The van der Waals surface area contributed by atoms with Crippen LogP contribution in [-0.2, 0) is 9.59 Å². The zero-order valence-corrected chi connectivity index (χ0v) is 22.2. The number of nitrogens with zero attached hydrogens (tertiary/aromatic N) is 2. The highest BCUT2D eigenvalue weighted by Gasteiger charge is 2.58. The molecule has 1 aliphatic heterocycles. The van der Waals surface area contributed by atoms with Gasteiger partial charge in [0.25, 0.3) is 5.92 Å². The third-order valence-electron chi connectivity index (χ3n) is 8.10. The zero-order valence-electron chi connectivity index (χ0n) is 19.1. The van der Waals surface area contributed by atoms with Gasteiger partial charge < -0.3 is 11.1 Å². The SMILES string of the molecule is NC(=O)C12CC3CC(C1)C(NC(=O)CN1CC(F)(F)CN(c4c(Cl)cc(Cl)cc4Cl)S1(O)O)C(C3)C2. The van der Waals surface area contributed by atoms with Crippen LogP contribution in [0.1, 0.15) is 32.1 Å². The molecule has 5 aliphatic rings. The number of halogens is 5. The summed E-state index contributed by atoms with van der Waals surface area (Å²) < 4.78 is 52.9. The van der Waals surface area contributed by atoms with Crippen LogP contribution in [0.25, 0.3) is 0 Å². The molecule has 1 aromatic rings. The molecule has 1 saturated heterocycles. The van der Waals surface area contributed by atoms with E-state index in [2.05, 4.69) is 5.32 Å². The van der Waals surface area contributed by atoms with Gasteiger partial charge >= 0.3 is 0 Å². The van der Waals surface area contributed by atoms with Crippen molar-refractivity contribution in [3.8, 4) is 0 Å². The van der Waals surface area contributed by atoms with Crippen LogP contribution in [0.2, 0.25) is 15.1 Å². The Morgan fingerprint density at radius 2 is 1.67 bits per heavy atom. The molecular weight excluding hydrogens is 561 g/mol. The van der Waals surface area contributed by atoms with E-state index in [1.54, 1.807) is 0 Å². The standard InChI is InChI=1S/C22H27Cl3F2N4O4S/c23-14-3-15(24)19(16(25)4-14)31-10-22(26,27)9-30(36(31,34)35)8-17(32)29-18-12-1-11-2-13(18)7-21(5-11,6-12)20(28)33/h3-4,11-13,18,34-35H,1-2,5-10H2,(H2,28,33)(H,29,32). The van der Waals surface area contributed by atoms with E-state index in [9.17, 15) is 27.5 Å². The molecule has 2 unspecified atom stereocenters. The van der Waals surface area contributed by atoms with E-state index in [1.807, 2.05) is 0 Å². The molecule has 1 heterocycles. The van der Waals surface area contributed by atoms with E-state index in [4.69, 9.17) is 40.5 Å². The van der Waals surface area contributed by atoms with Gasteiger partial charge in [-0.2, -0.15) is 4.31 Å². The average molecular weight is 588 g/mol. The monoisotopic (exact) mass is 586 g/mol. The highest BCUT2D eigenvalue weighted by molar-refractivity contribution is 8.23. The zero-order chi connectivity index (χ0) is 26.2. The average Bonchev–Trinajstić information content (AvgIpc) is 2.72. The number of carbonyl (C=O) groups is 2. The molecule has 36 heavy (non-hydrogen) atoms. The number of benzene rings is 1. The fraction of sp³-hybridized carbons (Fsp3) is 0.636. The lowest BCUT2D eigenvalue weighted by Gasteiger charge is -2.59. The lowest BCUT2D eigenvalue weighted by atomic mass is 9.47. The highest BCUT2D eigenvalue weighted by atomic mass is 35.5. The van der Waals surface area contributed by atoms with E-state index in [1.165, 1.54) is 12.1 Å². The van der Waals surface area contributed by atoms with Crippen LogP contribution in [0.5, 0.6) is 0 Å². The second-order valence-corrected chi connectivity index (χ2v) is 13.8. The summed E-state index contributed by atoms with van der Waals surface area (Å²) in [6.45, 7) is -2.76. The molecule has 200 valence electrons. The molecule has 8 nitrogen and oxygen atoms in total. The number of primary amides is 1. The van der Waals surface area contributed by atoms with Crippen LogP contribution < -0.4 is 15.4 Å². The Balaban J connectivity index is 1.34. The smallest absolute Gasteiger partial charge is 0.281 e. The van der Waals surface area contributed by atoms with Crippen molar-refractivity contribution in [2.24, 2.45) is 28.9 Å². The van der Waals surface area contributed by atoms with Crippen LogP contribution in [0, 0.1) is 23.2 Å².